The smallest absolute Gasteiger partial charge is 0.309 e. The van der Waals surface area contributed by atoms with Gasteiger partial charge in [-0.2, -0.15) is 0 Å². The molecule has 0 spiro atoms. The zero-order valence-electron chi connectivity index (χ0n) is 47.6. The molecule has 3 aliphatic heterocycles. The Morgan fingerprint density at radius 3 is 2.10 bits per heavy atom. The summed E-state index contributed by atoms with van der Waals surface area (Å²) in [6, 6.07) is 6.41. The van der Waals surface area contributed by atoms with Crippen molar-refractivity contribution >= 4 is 11.8 Å². The van der Waals surface area contributed by atoms with Gasteiger partial charge in [0.25, 0.3) is 0 Å². The lowest BCUT2D eigenvalue weighted by molar-refractivity contribution is -0.305. The second kappa shape index (κ2) is 26.1. The molecule has 1 unspecified atom stereocenters. The van der Waals surface area contributed by atoms with E-state index >= 15 is 0 Å². The van der Waals surface area contributed by atoms with Crippen LogP contribution in [0.3, 0.4) is 0 Å². The molecule has 0 amide bonds. The number of aliphatic hydroxyl groups excluding tert-OH is 5. The molecule has 0 radical (unpaired) electrons. The first kappa shape index (κ1) is 62.3. The monoisotopic (exact) mass is 1090 g/mol. The lowest BCUT2D eigenvalue weighted by Crippen LogP contribution is -2.62. The van der Waals surface area contributed by atoms with Gasteiger partial charge in [0.1, 0.15) is 41.8 Å². The standard InChI is InChI=1S/C55H89N7O15/c1-15-43-55(10,70)48(67)34(6)45(65)30(2)25-54(9,73-14)50(32(4)44(33(5)51(69)76-43)42-26-53(8,72-13)49(68)35(7)75-42)77-52-46(66)40(24-31(3)74-52)60(11)22-20-37-28-62(59-56-37)41(29-64)47(71-12)36-16-18-39(19-17-36)61-27-38(21-23-63)57-58-61/h16-19,27-28,30-35,40-44,46-50,52,63-64,66-68,70H,15,20-26,29H2,1-14H3/t30-,31-,32+,33-,34+,35+,40+,41-,42?,43-,44+,46-,47-,48-,49+,50-,52+,53-,54-,55-/m1/s1. The molecule has 3 fully saturated rings. The molecule has 77 heavy (non-hydrogen) atoms. The Bertz CT molecular complexity index is 2360. The average molecular weight is 1090 g/mol. The average Bonchev–Trinajstić information content (AvgIpc) is 4.11. The second-order valence-electron chi connectivity index (χ2n) is 22.8. The molecule has 20 atom stereocenters. The fourth-order valence-electron chi connectivity index (χ4n) is 12.4. The number of rotatable bonds is 18. The van der Waals surface area contributed by atoms with Crippen LogP contribution in [0, 0.1) is 29.6 Å². The molecule has 22 nitrogen and oxygen atoms in total. The molecule has 3 aliphatic rings. The number of likely N-dealkylation sites (N-methyl/N-ethyl adjacent to an activating group) is 1. The van der Waals surface area contributed by atoms with Crippen LogP contribution in [0.5, 0.6) is 0 Å². The lowest BCUT2D eigenvalue weighted by Gasteiger charge is -2.52. The fraction of sp³-hybridized carbons (Fsp3) is 0.782. The number of aromatic nitrogens is 6. The molecule has 6 N–H and O–H groups in total. The number of hydrogen-bond acceptors (Lipinski definition) is 20. The number of aliphatic hydroxyl groups is 6. The van der Waals surface area contributed by atoms with Crippen molar-refractivity contribution in [2.24, 2.45) is 29.6 Å². The number of methoxy groups -OCH3 is 3. The van der Waals surface area contributed by atoms with E-state index in [0.717, 1.165) is 11.3 Å². The summed E-state index contributed by atoms with van der Waals surface area (Å²) >= 11 is 0. The molecule has 3 saturated heterocycles. The van der Waals surface area contributed by atoms with Gasteiger partial charge in [0, 0.05) is 83.7 Å². The molecular formula is C55H89N7O15. The molecule has 0 aliphatic carbocycles. The summed E-state index contributed by atoms with van der Waals surface area (Å²) in [4.78, 5) is 31.0. The Morgan fingerprint density at radius 1 is 0.844 bits per heavy atom. The number of esters is 1. The normalized spacial score (nSPS) is 37.8. The Labute approximate surface area is 453 Å². The number of ketones is 1. The minimum absolute atomic E-state index is 0.0282. The maximum Gasteiger partial charge on any atom is 0.309 e. The second-order valence-corrected chi connectivity index (χ2v) is 22.8. The number of ether oxygens (including phenoxy) is 7. The summed E-state index contributed by atoms with van der Waals surface area (Å²) in [5.41, 5.74) is -1.53. The van der Waals surface area contributed by atoms with Crippen molar-refractivity contribution in [3.63, 3.8) is 0 Å². The van der Waals surface area contributed by atoms with Crippen LogP contribution in [-0.4, -0.2) is 203 Å². The number of hydrogen-bond donors (Lipinski definition) is 6. The van der Waals surface area contributed by atoms with Crippen LogP contribution in [-0.2, 0) is 55.6 Å². The van der Waals surface area contributed by atoms with Crippen LogP contribution in [0.15, 0.2) is 36.7 Å². The third kappa shape index (κ3) is 13.5. The summed E-state index contributed by atoms with van der Waals surface area (Å²) in [5.74, 6) is -5.21. The lowest BCUT2D eigenvalue weighted by atomic mass is 9.67. The Kier molecular flexibility index (Phi) is 21.2. The van der Waals surface area contributed by atoms with Gasteiger partial charge in [-0.05, 0) is 84.5 Å². The van der Waals surface area contributed by atoms with Crippen molar-refractivity contribution in [1.29, 1.82) is 0 Å². The maximum absolute atomic E-state index is 14.6. The van der Waals surface area contributed by atoms with Gasteiger partial charge in [0.2, 0.25) is 0 Å². The van der Waals surface area contributed by atoms with Crippen LogP contribution >= 0.6 is 0 Å². The minimum atomic E-state index is -2.00. The van der Waals surface area contributed by atoms with Crippen LogP contribution < -0.4 is 0 Å². The van der Waals surface area contributed by atoms with Crippen molar-refractivity contribution in [2.75, 3.05) is 48.1 Å². The minimum Gasteiger partial charge on any atom is -0.459 e. The van der Waals surface area contributed by atoms with Gasteiger partial charge < -0.3 is 68.7 Å². The highest BCUT2D eigenvalue weighted by Crippen LogP contribution is 2.46. The van der Waals surface area contributed by atoms with E-state index in [0.29, 0.717) is 37.2 Å². The van der Waals surface area contributed by atoms with E-state index < -0.39 is 126 Å². The highest BCUT2D eigenvalue weighted by Gasteiger charge is 2.56. The predicted octanol–water partition coefficient (Wildman–Crippen LogP) is 2.95. The van der Waals surface area contributed by atoms with E-state index in [-0.39, 0.29) is 38.3 Å². The first-order valence-corrected chi connectivity index (χ1v) is 27.3. The Balaban J connectivity index is 1.27. The molecule has 434 valence electrons. The molecule has 0 bridgehead atoms. The first-order chi connectivity index (χ1) is 36.3. The highest BCUT2D eigenvalue weighted by molar-refractivity contribution is 5.83. The van der Waals surface area contributed by atoms with E-state index in [2.05, 4.69) is 20.6 Å². The third-order valence-corrected chi connectivity index (χ3v) is 17.3. The summed E-state index contributed by atoms with van der Waals surface area (Å²) in [5, 5.41) is 84.4. The third-order valence-electron chi connectivity index (χ3n) is 17.3. The van der Waals surface area contributed by atoms with Crippen molar-refractivity contribution in [2.45, 2.75) is 198 Å². The van der Waals surface area contributed by atoms with Crippen molar-refractivity contribution in [1.82, 2.24) is 34.9 Å². The number of nitrogens with zero attached hydrogens (tertiary/aromatic N) is 7. The number of carbonyl (C=O) groups is 2. The van der Waals surface area contributed by atoms with Gasteiger partial charge in [-0.3, -0.25) is 9.59 Å². The number of benzene rings is 1. The van der Waals surface area contributed by atoms with Crippen molar-refractivity contribution in [3.05, 3.63) is 53.6 Å². The van der Waals surface area contributed by atoms with Gasteiger partial charge in [0.15, 0.2) is 6.29 Å². The molecule has 22 heteroatoms. The van der Waals surface area contributed by atoms with Crippen LogP contribution in [0.1, 0.15) is 124 Å². The van der Waals surface area contributed by atoms with Gasteiger partial charge in [0.05, 0.1) is 77.5 Å². The fourth-order valence-corrected chi connectivity index (χ4v) is 12.4. The van der Waals surface area contributed by atoms with E-state index in [4.69, 9.17) is 33.2 Å². The quantitative estimate of drug-likeness (QED) is 0.0999. The molecule has 1 aromatic carbocycles. The van der Waals surface area contributed by atoms with E-state index in [1.807, 2.05) is 57.0 Å². The molecule has 0 saturated carbocycles. The van der Waals surface area contributed by atoms with Gasteiger partial charge in [-0.15, -0.1) is 10.2 Å². The summed E-state index contributed by atoms with van der Waals surface area (Å²) < 4.78 is 47.9. The highest BCUT2D eigenvalue weighted by atomic mass is 16.7. The van der Waals surface area contributed by atoms with Gasteiger partial charge >= 0.3 is 5.97 Å². The van der Waals surface area contributed by atoms with E-state index in [1.165, 1.54) is 21.1 Å². The molecular weight excluding hydrogens is 999 g/mol. The summed E-state index contributed by atoms with van der Waals surface area (Å²) in [6.45, 7) is 17.4. The maximum atomic E-state index is 14.6. The number of Topliss-reactive ketones (excluding diaryl/α,β-unsaturated/α-hetero) is 1. The van der Waals surface area contributed by atoms with Crippen molar-refractivity contribution in [3.8, 4) is 5.69 Å². The number of cyclic esters (lactones) is 1. The molecule has 2 aromatic heterocycles. The SMILES string of the molecule is CC[C@H]1OC(=O)[C@H](C)[C@@H](C2C[C@@](C)(OC)[C@@H](O)[C@H](C)O2)[C@H](C)[C@@H](O[C@@H]2O[C@H](C)C[C@H](N(C)CCc3cn([C@H](CO)[C@H](OC)c4ccc(-n5cc(CCO)nn5)cc4)nn3)[C@H]2O)[C@](C)(OC)C[C@@H](C)C(=O)[C@H](C)[C@@H](O)[C@]1(C)O. The Hall–Kier alpha value is -3.88. The molecule has 3 aromatic rings. The largest absolute Gasteiger partial charge is 0.459 e. The Morgan fingerprint density at radius 2 is 1.49 bits per heavy atom. The summed E-state index contributed by atoms with van der Waals surface area (Å²) in [6.07, 6.45) is -4.50. The molecule has 5 heterocycles. The zero-order valence-corrected chi connectivity index (χ0v) is 47.6. The first-order valence-electron chi connectivity index (χ1n) is 27.3. The van der Waals surface area contributed by atoms with E-state index in [9.17, 15) is 40.2 Å². The van der Waals surface area contributed by atoms with Crippen LogP contribution in [0.2, 0.25) is 0 Å². The topological polar surface area (TPSA) is 285 Å². The van der Waals surface area contributed by atoms with Crippen molar-refractivity contribution < 1.29 is 73.4 Å². The van der Waals surface area contributed by atoms with Crippen LogP contribution in [0.4, 0.5) is 0 Å². The zero-order chi connectivity index (χ0) is 56.9. The van der Waals surface area contributed by atoms with Crippen LogP contribution in [0.25, 0.3) is 5.69 Å². The van der Waals surface area contributed by atoms with Gasteiger partial charge in [-0.1, -0.05) is 57.2 Å². The molecule has 6 rings (SSSR count). The van der Waals surface area contributed by atoms with Gasteiger partial charge in [-0.25, -0.2) is 9.36 Å². The number of carbonyl (C=O) groups excluding carboxylic acids is 2. The predicted molar refractivity (Wildman–Crippen MR) is 280 cm³/mol. The summed E-state index contributed by atoms with van der Waals surface area (Å²) in [7, 11) is 6.51. The van der Waals surface area contributed by atoms with E-state index in [1.54, 1.807) is 70.4 Å².